The van der Waals surface area contributed by atoms with Crippen LogP contribution in [0.2, 0.25) is 0 Å². The summed E-state index contributed by atoms with van der Waals surface area (Å²) in [6, 6.07) is 11.1. The molecule has 0 bridgehead atoms. The van der Waals surface area contributed by atoms with E-state index < -0.39 is 0 Å². The van der Waals surface area contributed by atoms with Crippen LogP contribution in [0.15, 0.2) is 48.8 Å². The Kier molecular flexibility index (Phi) is 6.31. The molecule has 6 nitrogen and oxygen atoms in total. The highest BCUT2D eigenvalue weighted by molar-refractivity contribution is 5.83. The number of aromatic nitrogens is 1. The number of nitrogens with one attached hydrogen (secondary N) is 1. The van der Waals surface area contributed by atoms with Crippen LogP contribution in [0.1, 0.15) is 18.1 Å². The summed E-state index contributed by atoms with van der Waals surface area (Å²) in [6.45, 7) is 2.27. The van der Waals surface area contributed by atoms with Gasteiger partial charge in [-0.1, -0.05) is 12.1 Å². The topological polar surface area (TPSA) is 71.5 Å². The van der Waals surface area contributed by atoms with Crippen LogP contribution in [0, 0.1) is 0 Å². The van der Waals surface area contributed by atoms with Gasteiger partial charge in [0.25, 0.3) is 0 Å². The quantitative estimate of drug-likeness (QED) is 0.841. The lowest BCUT2D eigenvalue weighted by Crippen LogP contribution is -2.39. The summed E-state index contributed by atoms with van der Waals surface area (Å²) in [7, 11) is 1.60. The lowest BCUT2D eigenvalue weighted by molar-refractivity contribution is -0.135. The molecule has 0 aliphatic rings. The fourth-order valence-corrected chi connectivity index (χ4v) is 2.16. The van der Waals surface area contributed by atoms with Crippen LogP contribution in [-0.4, -0.2) is 35.4 Å². The van der Waals surface area contributed by atoms with Gasteiger partial charge in [0, 0.05) is 32.4 Å². The van der Waals surface area contributed by atoms with Gasteiger partial charge in [-0.2, -0.15) is 0 Å². The maximum Gasteiger partial charge on any atom is 0.239 e. The normalized spacial score (nSPS) is 10.1. The molecule has 1 aromatic carbocycles. The Hall–Kier alpha value is -2.89. The summed E-state index contributed by atoms with van der Waals surface area (Å²) in [4.78, 5) is 29.3. The van der Waals surface area contributed by atoms with Gasteiger partial charge in [-0.15, -0.1) is 0 Å². The second-order valence-electron chi connectivity index (χ2n) is 5.36. The fourth-order valence-electron chi connectivity index (χ4n) is 2.16. The number of nitrogens with zero attached hydrogens (tertiary/aromatic N) is 2. The van der Waals surface area contributed by atoms with Gasteiger partial charge in [-0.3, -0.25) is 14.6 Å². The van der Waals surface area contributed by atoms with Gasteiger partial charge in [0.15, 0.2) is 0 Å². The van der Waals surface area contributed by atoms with Crippen molar-refractivity contribution >= 4 is 11.8 Å². The maximum atomic E-state index is 12.1. The lowest BCUT2D eigenvalue weighted by Gasteiger charge is -2.20. The standard InChI is InChI=1S/C18H21N3O3/c1-14(22)21(12-16-3-5-17(24-2)6-4-16)13-18(23)20-11-15-7-9-19-10-8-15/h3-10H,11-13H2,1-2H3,(H,20,23). The van der Waals surface area contributed by atoms with Crippen molar-refractivity contribution in [3.8, 4) is 5.75 Å². The number of methoxy groups -OCH3 is 1. The van der Waals surface area contributed by atoms with Crippen molar-refractivity contribution in [1.29, 1.82) is 0 Å². The van der Waals surface area contributed by atoms with Gasteiger partial charge in [0.05, 0.1) is 13.7 Å². The molecule has 0 saturated carbocycles. The molecule has 0 fully saturated rings. The molecule has 2 rings (SSSR count). The molecule has 1 aromatic heterocycles. The number of hydrogen-bond acceptors (Lipinski definition) is 4. The molecule has 0 unspecified atom stereocenters. The monoisotopic (exact) mass is 327 g/mol. The van der Waals surface area contributed by atoms with Crippen LogP contribution >= 0.6 is 0 Å². The van der Waals surface area contributed by atoms with E-state index in [1.807, 2.05) is 36.4 Å². The Morgan fingerprint density at radius 2 is 1.75 bits per heavy atom. The molecule has 0 atom stereocenters. The second-order valence-corrected chi connectivity index (χ2v) is 5.36. The highest BCUT2D eigenvalue weighted by Gasteiger charge is 2.14. The molecular weight excluding hydrogens is 306 g/mol. The van der Waals surface area contributed by atoms with E-state index in [0.717, 1.165) is 16.9 Å². The van der Waals surface area contributed by atoms with E-state index in [2.05, 4.69) is 10.3 Å². The third kappa shape index (κ3) is 5.39. The SMILES string of the molecule is COc1ccc(CN(CC(=O)NCc2ccncc2)C(C)=O)cc1. The molecule has 24 heavy (non-hydrogen) atoms. The number of rotatable bonds is 7. The Balaban J connectivity index is 1.90. The minimum Gasteiger partial charge on any atom is -0.497 e. The molecule has 1 heterocycles. The number of benzene rings is 1. The Bertz CT molecular complexity index is 672. The average molecular weight is 327 g/mol. The number of ether oxygens (including phenoxy) is 1. The lowest BCUT2D eigenvalue weighted by atomic mass is 10.2. The van der Waals surface area contributed by atoms with Gasteiger partial charge < -0.3 is 15.0 Å². The zero-order valence-corrected chi connectivity index (χ0v) is 13.9. The van der Waals surface area contributed by atoms with Gasteiger partial charge in [-0.05, 0) is 35.4 Å². The van der Waals surface area contributed by atoms with E-state index in [1.54, 1.807) is 19.5 Å². The molecule has 1 N–H and O–H groups in total. The van der Waals surface area contributed by atoms with E-state index in [-0.39, 0.29) is 18.4 Å². The number of hydrogen-bond donors (Lipinski definition) is 1. The third-order valence-corrected chi connectivity index (χ3v) is 3.55. The molecule has 6 heteroatoms. The van der Waals surface area contributed by atoms with Crippen molar-refractivity contribution in [2.75, 3.05) is 13.7 Å². The molecule has 2 aromatic rings. The van der Waals surface area contributed by atoms with E-state index in [1.165, 1.54) is 11.8 Å². The van der Waals surface area contributed by atoms with Crippen molar-refractivity contribution in [2.45, 2.75) is 20.0 Å². The summed E-state index contributed by atoms with van der Waals surface area (Å²) in [5, 5.41) is 2.81. The highest BCUT2D eigenvalue weighted by atomic mass is 16.5. The van der Waals surface area contributed by atoms with Gasteiger partial charge in [-0.25, -0.2) is 0 Å². The average Bonchev–Trinajstić information content (AvgIpc) is 2.61. The Morgan fingerprint density at radius 3 is 2.33 bits per heavy atom. The van der Waals surface area contributed by atoms with Gasteiger partial charge in [0.2, 0.25) is 11.8 Å². The Labute approximate surface area is 141 Å². The first-order valence-corrected chi connectivity index (χ1v) is 7.62. The predicted molar refractivity (Wildman–Crippen MR) is 90.2 cm³/mol. The minimum absolute atomic E-state index is 0.0203. The Morgan fingerprint density at radius 1 is 1.08 bits per heavy atom. The second kappa shape index (κ2) is 8.67. The van der Waals surface area contributed by atoms with Crippen LogP contribution in [0.4, 0.5) is 0 Å². The van der Waals surface area contributed by atoms with Crippen molar-refractivity contribution in [3.63, 3.8) is 0 Å². The highest BCUT2D eigenvalue weighted by Crippen LogP contribution is 2.13. The summed E-state index contributed by atoms with van der Waals surface area (Å²) in [6.07, 6.45) is 3.35. The van der Waals surface area contributed by atoms with Crippen LogP contribution in [0.25, 0.3) is 0 Å². The molecular formula is C18H21N3O3. The third-order valence-electron chi connectivity index (χ3n) is 3.55. The van der Waals surface area contributed by atoms with Crippen LogP contribution in [0.5, 0.6) is 5.75 Å². The molecule has 0 radical (unpaired) electrons. The number of carbonyl (C=O) groups is 2. The van der Waals surface area contributed by atoms with Crippen LogP contribution in [-0.2, 0) is 22.7 Å². The van der Waals surface area contributed by atoms with Gasteiger partial charge >= 0.3 is 0 Å². The smallest absolute Gasteiger partial charge is 0.239 e. The van der Waals surface area contributed by atoms with Crippen molar-refractivity contribution in [3.05, 3.63) is 59.9 Å². The van der Waals surface area contributed by atoms with E-state index >= 15 is 0 Å². The van der Waals surface area contributed by atoms with Crippen molar-refractivity contribution in [2.24, 2.45) is 0 Å². The largest absolute Gasteiger partial charge is 0.497 e. The number of pyridine rings is 1. The summed E-state index contributed by atoms with van der Waals surface area (Å²) in [5.74, 6) is 0.406. The van der Waals surface area contributed by atoms with E-state index in [4.69, 9.17) is 4.74 Å². The molecule has 0 spiro atoms. The molecule has 0 saturated heterocycles. The van der Waals surface area contributed by atoms with Crippen molar-refractivity contribution < 1.29 is 14.3 Å². The fraction of sp³-hybridized carbons (Fsp3) is 0.278. The zero-order valence-electron chi connectivity index (χ0n) is 13.9. The number of amides is 2. The van der Waals surface area contributed by atoms with Crippen LogP contribution < -0.4 is 10.1 Å². The molecule has 0 aliphatic heterocycles. The molecule has 126 valence electrons. The summed E-state index contributed by atoms with van der Waals surface area (Å²) < 4.78 is 5.11. The predicted octanol–water partition coefficient (Wildman–Crippen LogP) is 1.76. The minimum atomic E-state index is -0.199. The first-order valence-electron chi connectivity index (χ1n) is 7.62. The van der Waals surface area contributed by atoms with E-state index in [0.29, 0.717) is 13.1 Å². The van der Waals surface area contributed by atoms with E-state index in [9.17, 15) is 9.59 Å². The maximum absolute atomic E-state index is 12.1. The zero-order chi connectivity index (χ0) is 17.4. The van der Waals surface area contributed by atoms with Crippen LogP contribution in [0.3, 0.4) is 0 Å². The van der Waals surface area contributed by atoms with Gasteiger partial charge in [0.1, 0.15) is 5.75 Å². The van der Waals surface area contributed by atoms with Crippen molar-refractivity contribution in [1.82, 2.24) is 15.2 Å². The first kappa shape index (κ1) is 17.5. The molecule has 2 amide bonds. The summed E-state index contributed by atoms with van der Waals surface area (Å²) >= 11 is 0. The summed E-state index contributed by atoms with van der Waals surface area (Å²) in [5.41, 5.74) is 1.90. The first-order chi connectivity index (χ1) is 11.6. The number of carbonyl (C=O) groups excluding carboxylic acids is 2. The molecule has 0 aliphatic carbocycles.